The van der Waals surface area contributed by atoms with Gasteiger partial charge < -0.3 is 0 Å². The summed E-state index contributed by atoms with van der Waals surface area (Å²) in [6.45, 7) is 0. The Hall–Kier alpha value is -1.57. The molecule has 2 aromatic carbocycles. The maximum atomic E-state index is 12.4. The van der Waals surface area contributed by atoms with Crippen molar-refractivity contribution >= 4 is 54.1 Å². The fourth-order valence-electron chi connectivity index (χ4n) is 1.90. The number of hydrogen-bond acceptors (Lipinski definition) is 3. The Morgan fingerprint density at radius 2 is 2.05 bits per heavy atom. The Morgan fingerprint density at radius 3 is 2.81 bits per heavy atom. The van der Waals surface area contributed by atoms with E-state index in [4.69, 9.17) is 11.6 Å². The van der Waals surface area contributed by atoms with Crippen LogP contribution in [0.3, 0.4) is 0 Å². The van der Waals surface area contributed by atoms with Gasteiger partial charge in [-0.25, -0.2) is 8.42 Å². The largest absolute Gasteiger partial charge is 0.277 e. The summed E-state index contributed by atoms with van der Waals surface area (Å²) in [6.07, 6.45) is 1.63. The number of H-pyrrole nitrogens is 1. The van der Waals surface area contributed by atoms with Crippen molar-refractivity contribution in [1.82, 2.24) is 10.2 Å². The molecular weight excluding hydrogens is 378 g/mol. The second-order valence-electron chi connectivity index (χ2n) is 4.32. The highest BCUT2D eigenvalue weighted by atomic mass is 79.9. The molecule has 0 amide bonds. The highest BCUT2D eigenvalue weighted by Gasteiger charge is 2.17. The minimum Gasteiger partial charge on any atom is -0.277 e. The van der Waals surface area contributed by atoms with Gasteiger partial charge in [-0.2, -0.15) is 5.10 Å². The second kappa shape index (κ2) is 5.32. The molecule has 0 unspecified atom stereocenters. The number of para-hydroxylation sites is 1. The van der Waals surface area contributed by atoms with Gasteiger partial charge in [0.1, 0.15) is 0 Å². The Morgan fingerprint density at radius 1 is 1.24 bits per heavy atom. The van der Waals surface area contributed by atoms with Gasteiger partial charge in [0.2, 0.25) is 0 Å². The van der Waals surface area contributed by atoms with Crippen LogP contribution in [-0.2, 0) is 10.0 Å². The van der Waals surface area contributed by atoms with Gasteiger partial charge >= 0.3 is 0 Å². The Balaban J connectivity index is 2.03. The molecule has 0 bridgehead atoms. The first kappa shape index (κ1) is 14.4. The lowest BCUT2D eigenvalue weighted by molar-refractivity contribution is 0.601. The summed E-state index contributed by atoms with van der Waals surface area (Å²) in [4.78, 5) is 0.121. The highest BCUT2D eigenvalue weighted by molar-refractivity contribution is 9.10. The standard InChI is InChI=1S/C13H9BrClN3O2S/c14-10-6-9(4-5-11(10)15)21(19,20)18-12-3-1-2-8-7-16-17-13(8)12/h1-7,18H,(H,16,17). The van der Waals surface area contributed by atoms with Crippen molar-refractivity contribution in [3.63, 3.8) is 0 Å². The number of nitrogens with one attached hydrogen (secondary N) is 2. The summed E-state index contributed by atoms with van der Waals surface area (Å²) in [5, 5.41) is 7.96. The van der Waals surface area contributed by atoms with Crippen LogP contribution in [0.5, 0.6) is 0 Å². The van der Waals surface area contributed by atoms with Crippen LogP contribution in [0, 0.1) is 0 Å². The lowest BCUT2D eigenvalue weighted by atomic mass is 10.2. The molecular formula is C13H9BrClN3O2S. The van der Waals surface area contributed by atoms with Gasteiger partial charge in [0.15, 0.2) is 0 Å². The monoisotopic (exact) mass is 385 g/mol. The molecule has 1 aromatic heterocycles. The molecule has 0 atom stereocenters. The van der Waals surface area contributed by atoms with Gasteiger partial charge in [-0.15, -0.1) is 0 Å². The maximum Gasteiger partial charge on any atom is 0.262 e. The van der Waals surface area contributed by atoms with Crippen molar-refractivity contribution in [3.05, 3.63) is 52.1 Å². The molecule has 0 aliphatic carbocycles. The van der Waals surface area contributed by atoms with E-state index in [2.05, 4.69) is 30.8 Å². The minimum atomic E-state index is -3.71. The van der Waals surface area contributed by atoms with E-state index >= 15 is 0 Å². The molecule has 0 aliphatic rings. The number of benzene rings is 2. The zero-order valence-corrected chi connectivity index (χ0v) is 13.6. The van der Waals surface area contributed by atoms with Crippen molar-refractivity contribution in [1.29, 1.82) is 0 Å². The number of fused-ring (bicyclic) bond motifs is 1. The number of aromatic nitrogens is 2. The van der Waals surface area contributed by atoms with E-state index in [1.807, 2.05) is 6.07 Å². The molecule has 0 saturated carbocycles. The second-order valence-corrected chi connectivity index (χ2v) is 7.27. The molecule has 8 heteroatoms. The molecule has 1 heterocycles. The van der Waals surface area contributed by atoms with Crippen molar-refractivity contribution in [3.8, 4) is 0 Å². The van der Waals surface area contributed by atoms with Gasteiger partial charge in [-0.1, -0.05) is 23.7 Å². The average molecular weight is 387 g/mol. The number of nitrogens with zero attached hydrogens (tertiary/aromatic N) is 1. The molecule has 5 nitrogen and oxygen atoms in total. The topological polar surface area (TPSA) is 74.8 Å². The van der Waals surface area contributed by atoms with Gasteiger partial charge in [-0.05, 0) is 40.2 Å². The maximum absolute atomic E-state index is 12.4. The van der Waals surface area contributed by atoms with Gasteiger partial charge in [-0.3, -0.25) is 9.82 Å². The Labute approximate surface area is 134 Å². The molecule has 2 N–H and O–H groups in total. The number of rotatable bonds is 3. The molecule has 3 rings (SSSR count). The summed E-state index contributed by atoms with van der Waals surface area (Å²) in [5.41, 5.74) is 1.07. The van der Waals surface area contributed by atoms with E-state index in [-0.39, 0.29) is 4.90 Å². The SMILES string of the molecule is O=S(=O)(Nc1cccc2cn[nH]c12)c1ccc(Cl)c(Br)c1. The summed E-state index contributed by atoms with van der Waals surface area (Å²) >= 11 is 9.10. The third kappa shape index (κ3) is 2.76. The predicted octanol–water partition coefficient (Wildman–Crippen LogP) is 3.78. The quantitative estimate of drug-likeness (QED) is 0.719. The summed E-state index contributed by atoms with van der Waals surface area (Å²) in [5.74, 6) is 0. The molecule has 0 spiro atoms. The molecule has 0 saturated heterocycles. The highest BCUT2D eigenvalue weighted by Crippen LogP contribution is 2.28. The van der Waals surface area contributed by atoms with Crippen molar-refractivity contribution in [2.75, 3.05) is 4.72 Å². The normalized spacial score (nSPS) is 11.7. The van der Waals surface area contributed by atoms with Crippen molar-refractivity contribution in [2.24, 2.45) is 0 Å². The molecule has 0 aliphatic heterocycles. The molecule has 108 valence electrons. The molecule has 3 aromatic rings. The summed E-state index contributed by atoms with van der Waals surface area (Å²) in [6, 6.07) is 9.70. The number of hydrogen-bond donors (Lipinski definition) is 2. The van der Waals surface area contributed by atoms with E-state index < -0.39 is 10.0 Å². The lowest BCUT2D eigenvalue weighted by Crippen LogP contribution is -2.13. The zero-order chi connectivity index (χ0) is 15.0. The molecule has 0 radical (unpaired) electrons. The van der Waals surface area contributed by atoms with Crippen LogP contribution in [0.2, 0.25) is 5.02 Å². The first-order valence-electron chi connectivity index (χ1n) is 5.87. The number of aromatic amines is 1. The predicted molar refractivity (Wildman–Crippen MR) is 86.1 cm³/mol. The number of anilines is 1. The van der Waals surface area contributed by atoms with Gasteiger partial charge in [0.25, 0.3) is 10.0 Å². The Bertz CT molecular complexity index is 924. The third-order valence-corrected chi connectivity index (χ3v) is 5.50. The lowest BCUT2D eigenvalue weighted by Gasteiger charge is -2.09. The fraction of sp³-hybridized carbons (Fsp3) is 0. The third-order valence-electron chi connectivity index (χ3n) is 2.92. The van der Waals surface area contributed by atoms with Crippen LogP contribution < -0.4 is 4.72 Å². The smallest absolute Gasteiger partial charge is 0.262 e. The first-order chi connectivity index (χ1) is 9.97. The zero-order valence-electron chi connectivity index (χ0n) is 10.5. The number of halogens is 2. The van der Waals surface area contributed by atoms with Crippen LogP contribution in [0.4, 0.5) is 5.69 Å². The Kier molecular flexibility index (Phi) is 3.64. The van der Waals surface area contributed by atoms with Gasteiger partial charge in [0, 0.05) is 9.86 Å². The van der Waals surface area contributed by atoms with Crippen LogP contribution in [-0.4, -0.2) is 18.6 Å². The van der Waals surface area contributed by atoms with Crippen LogP contribution in [0.15, 0.2) is 52.0 Å². The molecule has 0 fully saturated rings. The van der Waals surface area contributed by atoms with E-state index in [0.717, 1.165) is 5.39 Å². The first-order valence-corrected chi connectivity index (χ1v) is 8.53. The fourth-order valence-corrected chi connectivity index (χ4v) is 3.65. The van der Waals surface area contributed by atoms with Crippen LogP contribution in [0.1, 0.15) is 0 Å². The number of sulfonamides is 1. The average Bonchev–Trinajstić information content (AvgIpc) is 2.91. The van der Waals surface area contributed by atoms with E-state index in [1.54, 1.807) is 18.3 Å². The van der Waals surface area contributed by atoms with E-state index in [9.17, 15) is 8.42 Å². The van der Waals surface area contributed by atoms with E-state index in [0.29, 0.717) is 20.7 Å². The van der Waals surface area contributed by atoms with Crippen molar-refractivity contribution < 1.29 is 8.42 Å². The van der Waals surface area contributed by atoms with Gasteiger partial charge in [0.05, 0.1) is 27.3 Å². The van der Waals surface area contributed by atoms with E-state index in [1.165, 1.54) is 18.2 Å². The van der Waals surface area contributed by atoms with Crippen molar-refractivity contribution in [2.45, 2.75) is 4.90 Å². The summed E-state index contributed by atoms with van der Waals surface area (Å²) < 4.78 is 27.9. The minimum absolute atomic E-state index is 0.121. The van der Waals surface area contributed by atoms with Crippen LogP contribution in [0.25, 0.3) is 10.9 Å². The molecule has 21 heavy (non-hydrogen) atoms. The summed E-state index contributed by atoms with van der Waals surface area (Å²) in [7, 11) is -3.71. The van der Waals surface area contributed by atoms with Crippen LogP contribution >= 0.6 is 27.5 Å².